The molecule has 32 heavy (non-hydrogen) atoms. The summed E-state index contributed by atoms with van der Waals surface area (Å²) in [7, 11) is 0. The second-order valence-electron chi connectivity index (χ2n) is 9.24. The van der Waals surface area contributed by atoms with Gasteiger partial charge in [0.05, 0.1) is 0 Å². The number of aromatic amines is 1. The van der Waals surface area contributed by atoms with E-state index < -0.39 is 0 Å². The molecule has 2 aliphatic heterocycles. The predicted octanol–water partition coefficient (Wildman–Crippen LogP) is 1.99. The van der Waals surface area contributed by atoms with Crippen LogP contribution < -0.4 is 16.0 Å². The van der Waals surface area contributed by atoms with Crippen LogP contribution in [0, 0.1) is 0 Å². The molecule has 1 saturated carbocycles. The zero-order chi connectivity index (χ0) is 21.7. The highest BCUT2D eigenvalue weighted by atomic mass is 16.2. The van der Waals surface area contributed by atoms with Crippen LogP contribution in [0.15, 0.2) is 24.4 Å². The van der Waals surface area contributed by atoms with Crippen LogP contribution in [0.3, 0.4) is 0 Å². The van der Waals surface area contributed by atoms with Crippen LogP contribution in [-0.2, 0) is 4.79 Å². The molecule has 2 saturated heterocycles. The number of carbonyl (C=O) groups excluding carboxylic acids is 1. The lowest BCUT2D eigenvalue weighted by Gasteiger charge is -2.35. The quantitative estimate of drug-likeness (QED) is 0.560. The largest absolute Gasteiger partial charge is 0.339 e. The van der Waals surface area contributed by atoms with Gasteiger partial charge in [-0.15, -0.1) is 5.10 Å². The maximum atomic E-state index is 13.3. The number of fused-ring (bicyclic) bond motifs is 1. The van der Waals surface area contributed by atoms with Crippen LogP contribution in [0.25, 0.3) is 5.52 Å². The zero-order valence-corrected chi connectivity index (χ0v) is 18.1. The lowest BCUT2D eigenvalue weighted by Crippen LogP contribution is -2.52. The fraction of sp³-hybridized carbons (Fsp3) is 0.545. The van der Waals surface area contributed by atoms with E-state index in [0.29, 0.717) is 24.2 Å². The van der Waals surface area contributed by atoms with Crippen molar-refractivity contribution in [2.24, 2.45) is 5.73 Å². The molecule has 1 aliphatic carbocycles. The van der Waals surface area contributed by atoms with Crippen molar-refractivity contribution in [3.63, 3.8) is 0 Å². The topological polar surface area (TPSA) is 120 Å². The van der Waals surface area contributed by atoms with Crippen LogP contribution in [0.2, 0.25) is 0 Å². The van der Waals surface area contributed by atoms with Gasteiger partial charge in [0.1, 0.15) is 11.6 Å². The highest BCUT2D eigenvalue weighted by Crippen LogP contribution is 2.39. The number of piperidine rings is 1. The van der Waals surface area contributed by atoms with Gasteiger partial charge in [0.15, 0.2) is 11.6 Å². The zero-order valence-electron chi connectivity index (χ0n) is 18.1. The molecule has 1 amide bonds. The Morgan fingerprint density at radius 1 is 1.19 bits per heavy atom. The number of nitrogens with two attached hydrogens (primary N) is 1. The van der Waals surface area contributed by atoms with Gasteiger partial charge in [0.25, 0.3) is 0 Å². The maximum absolute atomic E-state index is 13.3. The van der Waals surface area contributed by atoms with Crippen LogP contribution in [0.4, 0.5) is 17.6 Å². The molecule has 2 atom stereocenters. The Bertz CT molecular complexity index is 1130. The van der Waals surface area contributed by atoms with E-state index in [0.717, 1.165) is 55.8 Å². The number of carbonyl (C=O) groups is 1. The average Bonchev–Trinajstić information content (AvgIpc) is 3.19. The highest BCUT2D eigenvalue weighted by Gasteiger charge is 2.37. The minimum atomic E-state index is -0.243. The summed E-state index contributed by atoms with van der Waals surface area (Å²) in [6.07, 6.45) is 8.04. The smallest absolute Gasteiger partial charge is 0.246 e. The molecule has 10 nitrogen and oxygen atoms in total. The Kier molecular flexibility index (Phi) is 4.74. The van der Waals surface area contributed by atoms with E-state index in [2.05, 4.69) is 21.6 Å². The van der Waals surface area contributed by atoms with Crippen LogP contribution >= 0.6 is 0 Å². The van der Waals surface area contributed by atoms with Crippen LogP contribution in [0.5, 0.6) is 0 Å². The molecule has 1 unspecified atom stereocenters. The first kappa shape index (κ1) is 19.5. The summed E-state index contributed by atoms with van der Waals surface area (Å²) in [5.74, 6) is 2.74. The number of rotatable bonds is 5. The SMILES string of the molecule is NC1CCCN(C(=O)[C@@H]2CCCN2c2nc(Nc3cc(C4CC4)[nH]n3)c3cccn3n2)C1. The van der Waals surface area contributed by atoms with E-state index in [1.165, 1.54) is 12.8 Å². The molecule has 0 bridgehead atoms. The maximum Gasteiger partial charge on any atom is 0.246 e. The van der Waals surface area contributed by atoms with Crippen molar-refractivity contribution in [2.45, 2.75) is 56.5 Å². The summed E-state index contributed by atoms with van der Waals surface area (Å²) in [6.45, 7) is 2.18. The Morgan fingerprint density at radius 3 is 2.91 bits per heavy atom. The Hall–Kier alpha value is -3.14. The van der Waals surface area contributed by atoms with E-state index in [1.54, 1.807) is 0 Å². The average molecular weight is 436 g/mol. The fourth-order valence-electron chi connectivity index (χ4n) is 4.95. The normalized spacial score (nSPS) is 23.8. The monoisotopic (exact) mass is 435 g/mol. The van der Waals surface area contributed by atoms with Gasteiger partial charge < -0.3 is 20.9 Å². The second-order valence-corrected chi connectivity index (χ2v) is 9.24. The lowest BCUT2D eigenvalue weighted by molar-refractivity contribution is -0.133. The second kappa shape index (κ2) is 7.77. The number of aromatic nitrogens is 5. The van der Waals surface area contributed by atoms with Gasteiger partial charge >= 0.3 is 0 Å². The molecular weight excluding hydrogens is 406 g/mol. The first-order chi connectivity index (χ1) is 15.7. The minimum Gasteiger partial charge on any atom is -0.339 e. The molecule has 0 radical (unpaired) electrons. The van der Waals surface area contributed by atoms with E-state index >= 15 is 0 Å². The van der Waals surface area contributed by atoms with Crippen molar-refractivity contribution in [2.75, 3.05) is 29.9 Å². The number of amides is 1. The van der Waals surface area contributed by atoms with Gasteiger partial charge in [-0.3, -0.25) is 9.89 Å². The molecule has 3 aromatic heterocycles. The van der Waals surface area contributed by atoms with Gasteiger partial charge in [-0.2, -0.15) is 10.1 Å². The third-order valence-electron chi connectivity index (χ3n) is 6.81. The molecule has 0 spiro atoms. The predicted molar refractivity (Wildman–Crippen MR) is 121 cm³/mol. The Balaban J connectivity index is 1.29. The van der Waals surface area contributed by atoms with Gasteiger partial charge in [-0.1, -0.05) is 0 Å². The van der Waals surface area contributed by atoms with Crippen molar-refractivity contribution >= 4 is 29.0 Å². The van der Waals surface area contributed by atoms with E-state index in [-0.39, 0.29) is 18.0 Å². The third kappa shape index (κ3) is 3.58. The molecule has 5 heterocycles. The number of hydrogen-bond acceptors (Lipinski definition) is 7. The molecule has 0 aromatic carbocycles. The lowest BCUT2D eigenvalue weighted by atomic mass is 10.0. The van der Waals surface area contributed by atoms with Gasteiger partial charge in [0.2, 0.25) is 11.9 Å². The van der Waals surface area contributed by atoms with Crippen molar-refractivity contribution in [1.29, 1.82) is 0 Å². The third-order valence-corrected chi connectivity index (χ3v) is 6.81. The van der Waals surface area contributed by atoms with E-state index in [4.69, 9.17) is 15.8 Å². The molecule has 10 heteroatoms. The van der Waals surface area contributed by atoms with Gasteiger partial charge in [0, 0.05) is 49.6 Å². The molecular formula is C22H29N9O. The van der Waals surface area contributed by atoms with Crippen LogP contribution in [0.1, 0.15) is 50.1 Å². The summed E-state index contributed by atoms with van der Waals surface area (Å²) in [4.78, 5) is 22.1. The molecule has 3 aliphatic rings. The number of nitrogens with zero attached hydrogens (tertiary/aromatic N) is 6. The van der Waals surface area contributed by atoms with Gasteiger partial charge in [-0.25, -0.2) is 4.52 Å². The number of anilines is 3. The van der Waals surface area contributed by atoms with Gasteiger partial charge in [-0.05, 0) is 50.7 Å². The molecule has 168 valence electrons. The highest BCUT2D eigenvalue weighted by molar-refractivity contribution is 5.86. The number of likely N-dealkylation sites (tertiary alicyclic amines) is 1. The molecule has 3 fully saturated rings. The number of hydrogen-bond donors (Lipinski definition) is 3. The van der Waals surface area contributed by atoms with Crippen LogP contribution in [-0.4, -0.2) is 67.3 Å². The molecule has 4 N–H and O–H groups in total. The van der Waals surface area contributed by atoms with Crippen molar-refractivity contribution in [3.05, 3.63) is 30.1 Å². The molecule has 6 rings (SSSR count). The summed E-state index contributed by atoms with van der Waals surface area (Å²) < 4.78 is 1.82. The summed E-state index contributed by atoms with van der Waals surface area (Å²) in [5, 5.41) is 15.6. The van der Waals surface area contributed by atoms with E-state index in [1.807, 2.05) is 32.6 Å². The number of nitrogens with one attached hydrogen (secondary N) is 2. The fourth-order valence-corrected chi connectivity index (χ4v) is 4.95. The Morgan fingerprint density at radius 2 is 2.06 bits per heavy atom. The Labute approximate surface area is 186 Å². The summed E-state index contributed by atoms with van der Waals surface area (Å²) in [5.41, 5.74) is 8.16. The summed E-state index contributed by atoms with van der Waals surface area (Å²) >= 11 is 0. The molecule has 3 aromatic rings. The summed E-state index contributed by atoms with van der Waals surface area (Å²) in [6, 6.07) is 5.80. The first-order valence-electron chi connectivity index (χ1n) is 11.6. The van der Waals surface area contributed by atoms with Crippen molar-refractivity contribution in [1.82, 2.24) is 29.7 Å². The van der Waals surface area contributed by atoms with E-state index in [9.17, 15) is 4.79 Å². The van der Waals surface area contributed by atoms with Crippen molar-refractivity contribution in [3.8, 4) is 0 Å². The van der Waals surface area contributed by atoms with Crippen molar-refractivity contribution < 1.29 is 4.79 Å². The minimum absolute atomic E-state index is 0.0696. The first-order valence-corrected chi connectivity index (χ1v) is 11.6. The number of H-pyrrole nitrogens is 1. The standard InChI is InChI=1S/C22H29N9O/c23-15-4-1-9-29(13-15)21(32)18-6-2-10-30(18)22-25-20(17-5-3-11-31(17)28-22)24-19-12-16(26-27-19)14-7-8-14/h3,5,11-12,14-15,18H,1-2,4,6-10,13,23H2,(H2,24,25,26,27,28)/t15?,18-/m0/s1.